The van der Waals surface area contributed by atoms with E-state index in [1.807, 2.05) is 48.5 Å². The lowest BCUT2D eigenvalue weighted by Gasteiger charge is -2.20. The summed E-state index contributed by atoms with van der Waals surface area (Å²) in [6.07, 6.45) is 4.93. The van der Waals surface area contributed by atoms with E-state index in [0.717, 1.165) is 11.1 Å². The number of carbonyl (C=O) groups excluding carboxylic acids is 1. The van der Waals surface area contributed by atoms with Crippen LogP contribution in [0.1, 0.15) is 54.6 Å². The summed E-state index contributed by atoms with van der Waals surface area (Å²) in [6.45, 7) is 2.25. The summed E-state index contributed by atoms with van der Waals surface area (Å²) in [5.41, 5.74) is 6.61. The third kappa shape index (κ3) is 5.54. The third-order valence-corrected chi connectivity index (χ3v) is 7.25. The molecule has 35 heavy (non-hydrogen) atoms. The van der Waals surface area contributed by atoms with Crippen LogP contribution in [0.2, 0.25) is 0 Å². The second-order valence-corrected chi connectivity index (χ2v) is 9.68. The first kappa shape index (κ1) is 23.1. The van der Waals surface area contributed by atoms with Crippen molar-refractivity contribution in [2.24, 2.45) is 11.8 Å². The summed E-state index contributed by atoms with van der Waals surface area (Å²) in [4.78, 5) is 13.3. The molecule has 176 valence electrons. The van der Waals surface area contributed by atoms with Crippen molar-refractivity contribution in [3.8, 4) is 22.3 Å². The average molecular weight is 460 g/mol. The highest BCUT2D eigenvalue weighted by atomic mass is 16.1. The fourth-order valence-electron chi connectivity index (χ4n) is 5.10. The van der Waals surface area contributed by atoms with Gasteiger partial charge in [0.1, 0.15) is 0 Å². The van der Waals surface area contributed by atoms with Gasteiger partial charge in [-0.15, -0.1) is 0 Å². The van der Waals surface area contributed by atoms with Crippen molar-refractivity contribution in [1.82, 2.24) is 5.32 Å². The fourth-order valence-corrected chi connectivity index (χ4v) is 5.10. The first-order valence-corrected chi connectivity index (χ1v) is 12.8. The van der Waals surface area contributed by atoms with E-state index in [0.29, 0.717) is 17.4 Å². The van der Waals surface area contributed by atoms with Gasteiger partial charge in [-0.2, -0.15) is 0 Å². The van der Waals surface area contributed by atoms with Crippen molar-refractivity contribution in [2.75, 3.05) is 0 Å². The largest absolute Gasteiger partial charge is 0.345 e. The van der Waals surface area contributed by atoms with Crippen molar-refractivity contribution in [2.45, 2.75) is 38.6 Å². The molecule has 1 saturated carbocycles. The van der Waals surface area contributed by atoms with E-state index in [4.69, 9.17) is 0 Å². The minimum Gasteiger partial charge on any atom is -0.345 e. The molecule has 0 aromatic heterocycles. The highest BCUT2D eigenvalue weighted by molar-refractivity contribution is 5.95. The summed E-state index contributed by atoms with van der Waals surface area (Å²) in [7, 11) is 0. The fraction of sp³-hybridized carbons (Fsp3) is 0.242. The molecule has 0 aliphatic heterocycles. The van der Waals surface area contributed by atoms with E-state index < -0.39 is 0 Å². The van der Waals surface area contributed by atoms with E-state index in [9.17, 15) is 4.79 Å². The van der Waals surface area contributed by atoms with Crippen LogP contribution in [0.4, 0.5) is 0 Å². The van der Waals surface area contributed by atoms with Crippen LogP contribution in [0.5, 0.6) is 0 Å². The Morgan fingerprint density at radius 1 is 0.743 bits per heavy atom. The van der Waals surface area contributed by atoms with Crippen LogP contribution in [-0.2, 0) is 0 Å². The molecule has 1 aliphatic carbocycles. The van der Waals surface area contributed by atoms with Gasteiger partial charge in [0.15, 0.2) is 0 Å². The number of nitrogens with one attached hydrogen (secondary N) is 1. The Bertz CT molecular complexity index is 1230. The van der Waals surface area contributed by atoms with E-state index in [-0.39, 0.29) is 11.9 Å². The van der Waals surface area contributed by atoms with Crippen molar-refractivity contribution < 1.29 is 4.79 Å². The topological polar surface area (TPSA) is 29.1 Å². The molecular weight excluding hydrogens is 426 g/mol. The summed E-state index contributed by atoms with van der Waals surface area (Å²) >= 11 is 0. The molecular formula is C33H33NO. The summed E-state index contributed by atoms with van der Waals surface area (Å²) < 4.78 is 0. The van der Waals surface area contributed by atoms with Crippen molar-refractivity contribution >= 4 is 5.91 Å². The Morgan fingerprint density at radius 3 is 1.80 bits per heavy atom. The van der Waals surface area contributed by atoms with Gasteiger partial charge in [-0.05, 0) is 58.2 Å². The molecule has 2 heteroatoms. The Kier molecular flexibility index (Phi) is 7.09. The summed E-state index contributed by atoms with van der Waals surface area (Å²) in [6, 6.07) is 37.5. The molecule has 0 heterocycles. The van der Waals surface area contributed by atoms with Gasteiger partial charge in [-0.1, -0.05) is 123 Å². The smallest absolute Gasteiger partial charge is 0.251 e. The van der Waals surface area contributed by atoms with Crippen LogP contribution in [0.25, 0.3) is 22.3 Å². The first-order valence-electron chi connectivity index (χ1n) is 12.8. The van der Waals surface area contributed by atoms with Crippen LogP contribution in [0.3, 0.4) is 0 Å². The predicted octanol–water partition coefficient (Wildman–Crippen LogP) is 8.32. The molecule has 0 unspecified atom stereocenters. The normalized spacial score (nSPS) is 17.5. The van der Waals surface area contributed by atoms with Gasteiger partial charge < -0.3 is 5.32 Å². The van der Waals surface area contributed by atoms with Crippen molar-refractivity contribution in [3.05, 3.63) is 120 Å². The van der Waals surface area contributed by atoms with Crippen LogP contribution in [0.15, 0.2) is 109 Å². The maximum Gasteiger partial charge on any atom is 0.251 e. The molecule has 4 aromatic rings. The molecule has 0 saturated heterocycles. The molecule has 4 aromatic carbocycles. The third-order valence-electron chi connectivity index (χ3n) is 7.25. The van der Waals surface area contributed by atoms with Gasteiger partial charge in [0.2, 0.25) is 0 Å². The Hall–Kier alpha value is -3.65. The van der Waals surface area contributed by atoms with Gasteiger partial charge in [0.05, 0.1) is 6.04 Å². The maximum atomic E-state index is 13.3. The molecule has 0 bridgehead atoms. The minimum absolute atomic E-state index is 0.00268. The van der Waals surface area contributed by atoms with Gasteiger partial charge >= 0.3 is 0 Å². The molecule has 0 radical (unpaired) electrons. The SMILES string of the molecule is CCCC[C@@H]1C[C@H]1[C@@H](NC(=O)c1ccc(-c2ccccc2)cc1)c1ccc(-c2ccccc2)cc1. The zero-order chi connectivity index (χ0) is 24.0. The van der Waals surface area contributed by atoms with Crippen LogP contribution in [0, 0.1) is 11.8 Å². The molecule has 2 nitrogen and oxygen atoms in total. The molecule has 1 amide bonds. The van der Waals surface area contributed by atoms with Crippen LogP contribution < -0.4 is 5.32 Å². The minimum atomic E-state index is 0.00268. The number of hydrogen-bond donors (Lipinski definition) is 1. The zero-order valence-electron chi connectivity index (χ0n) is 20.4. The number of unbranched alkanes of at least 4 members (excludes halogenated alkanes) is 1. The van der Waals surface area contributed by atoms with E-state index in [2.05, 4.69) is 72.9 Å². The van der Waals surface area contributed by atoms with Crippen molar-refractivity contribution in [1.29, 1.82) is 0 Å². The van der Waals surface area contributed by atoms with Gasteiger partial charge in [0, 0.05) is 5.56 Å². The van der Waals surface area contributed by atoms with Gasteiger partial charge in [-0.3, -0.25) is 4.79 Å². The summed E-state index contributed by atoms with van der Waals surface area (Å²) in [5, 5.41) is 3.40. The second-order valence-electron chi connectivity index (χ2n) is 9.68. The lowest BCUT2D eigenvalue weighted by Crippen LogP contribution is -2.30. The molecule has 1 fully saturated rings. The van der Waals surface area contributed by atoms with Gasteiger partial charge in [-0.25, -0.2) is 0 Å². The number of amides is 1. The molecule has 0 spiro atoms. The van der Waals surface area contributed by atoms with Gasteiger partial charge in [0.25, 0.3) is 5.91 Å². The highest BCUT2D eigenvalue weighted by Crippen LogP contribution is 2.50. The molecule has 3 atom stereocenters. The Labute approximate surface area is 209 Å². The summed E-state index contributed by atoms with van der Waals surface area (Å²) in [5.74, 6) is 1.22. The quantitative estimate of drug-likeness (QED) is 0.268. The average Bonchev–Trinajstić information content (AvgIpc) is 3.71. The first-order chi connectivity index (χ1) is 17.2. The van der Waals surface area contributed by atoms with Crippen molar-refractivity contribution in [3.63, 3.8) is 0 Å². The molecule has 1 N–H and O–H groups in total. The highest BCUT2D eigenvalue weighted by Gasteiger charge is 2.43. The molecule has 1 aliphatic rings. The van der Waals surface area contributed by atoms with E-state index in [1.165, 1.54) is 42.4 Å². The number of rotatable bonds is 9. The number of hydrogen-bond acceptors (Lipinski definition) is 1. The standard InChI is InChI=1S/C33H33NO/c1-2-3-10-30-23-31(30)32(28-19-15-26(16-20-28)24-11-6-4-7-12-24)34-33(35)29-21-17-27(18-22-29)25-13-8-5-9-14-25/h4-9,11-22,30-32H,2-3,10,23H2,1H3,(H,34,35)/t30-,31-,32+/m1/s1. The second kappa shape index (κ2) is 10.7. The maximum absolute atomic E-state index is 13.3. The van der Waals surface area contributed by atoms with Crippen LogP contribution >= 0.6 is 0 Å². The number of benzene rings is 4. The lowest BCUT2D eigenvalue weighted by atomic mass is 9.96. The predicted molar refractivity (Wildman–Crippen MR) is 145 cm³/mol. The number of carbonyl (C=O) groups is 1. The lowest BCUT2D eigenvalue weighted by molar-refractivity contribution is 0.0930. The Balaban J connectivity index is 1.34. The van der Waals surface area contributed by atoms with E-state index in [1.54, 1.807) is 0 Å². The van der Waals surface area contributed by atoms with E-state index >= 15 is 0 Å². The Morgan fingerprint density at radius 2 is 1.26 bits per heavy atom. The monoisotopic (exact) mass is 459 g/mol. The van der Waals surface area contributed by atoms with Crippen LogP contribution in [-0.4, -0.2) is 5.91 Å². The molecule has 5 rings (SSSR count). The zero-order valence-corrected chi connectivity index (χ0v) is 20.4.